The molecule has 182 valence electrons. The van der Waals surface area contributed by atoms with Crippen LogP contribution in [0.4, 0.5) is 0 Å². The van der Waals surface area contributed by atoms with Gasteiger partial charge in [-0.2, -0.15) is 0 Å². The number of hydrogen-bond donors (Lipinski definition) is 1. The lowest BCUT2D eigenvalue weighted by molar-refractivity contribution is -0.139. The van der Waals surface area contributed by atoms with Gasteiger partial charge in [0.05, 0.1) is 24.3 Å². The van der Waals surface area contributed by atoms with E-state index in [-0.39, 0.29) is 17.4 Å². The van der Waals surface area contributed by atoms with Crippen molar-refractivity contribution in [2.24, 2.45) is 0 Å². The van der Waals surface area contributed by atoms with Crippen LogP contribution in [0.15, 0.2) is 54.1 Å². The van der Waals surface area contributed by atoms with Crippen LogP contribution in [-0.4, -0.2) is 41.0 Å². The van der Waals surface area contributed by atoms with Gasteiger partial charge in [-0.1, -0.05) is 38.8 Å². The first-order valence-corrected chi connectivity index (χ1v) is 12.2. The van der Waals surface area contributed by atoms with Gasteiger partial charge >= 0.3 is 0 Å². The molecule has 1 amide bonds. The van der Waals surface area contributed by atoms with Gasteiger partial charge in [-0.25, -0.2) is 0 Å². The number of carbonyl (C=O) groups is 2. The minimum Gasteiger partial charge on any atom is -0.507 e. The maximum Gasteiger partial charge on any atom is 0.295 e. The molecule has 0 saturated carbocycles. The zero-order valence-electron chi connectivity index (χ0n) is 20.5. The second kappa shape index (κ2) is 11.7. The summed E-state index contributed by atoms with van der Waals surface area (Å²) in [6, 6.07) is 13.7. The molecule has 3 rings (SSSR count). The topological polar surface area (TPSA) is 76.1 Å². The molecule has 1 N–H and O–H groups in total. The summed E-state index contributed by atoms with van der Waals surface area (Å²) in [7, 11) is 0. The van der Waals surface area contributed by atoms with E-state index in [0.29, 0.717) is 30.2 Å². The third-order valence-electron chi connectivity index (χ3n) is 5.71. The van der Waals surface area contributed by atoms with Crippen molar-refractivity contribution in [2.75, 3.05) is 13.2 Å². The normalized spacial score (nSPS) is 17.4. The lowest BCUT2D eigenvalue weighted by Gasteiger charge is -2.25. The molecule has 2 aromatic carbocycles. The molecule has 34 heavy (non-hydrogen) atoms. The molecule has 1 saturated heterocycles. The van der Waals surface area contributed by atoms with Crippen LogP contribution in [-0.2, 0) is 9.59 Å². The lowest BCUT2D eigenvalue weighted by Crippen LogP contribution is -2.30. The van der Waals surface area contributed by atoms with Crippen LogP contribution in [0.1, 0.15) is 70.5 Å². The predicted octanol–water partition coefficient (Wildman–Crippen LogP) is 5.87. The molecule has 1 heterocycles. The Morgan fingerprint density at radius 2 is 1.59 bits per heavy atom. The summed E-state index contributed by atoms with van der Waals surface area (Å²) >= 11 is 0. The molecule has 0 bridgehead atoms. The number of amides is 1. The number of ether oxygens (including phenoxy) is 2. The molecular weight excluding hydrogens is 430 g/mol. The molecule has 1 aliphatic heterocycles. The number of likely N-dealkylation sites (tertiary alicyclic amines) is 1. The van der Waals surface area contributed by atoms with Gasteiger partial charge in [0, 0.05) is 12.1 Å². The third-order valence-corrected chi connectivity index (χ3v) is 5.71. The highest BCUT2D eigenvalue weighted by molar-refractivity contribution is 6.46. The first kappa shape index (κ1) is 25.3. The van der Waals surface area contributed by atoms with Gasteiger partial charge in [0.25, 0.3) is 11.7 Å². The summed E-state index contributed by atoms with van der Waals surface area (Å²) in [6.45, 7) is 9.08. The molecule has 1 atom stereocenters. The molecular formula is C28H35NO5. The van der Waals surface area contributed by atoms with Crippen LogP contribution in [0.3, 0.4) is 0 Å². The molecule has 1 aliphatic rings. The number of carbonyl (C=O) groups excluding carboxylic acids is 2. The summed E-state index contributed by atoms with van der Waals surface area (Å²) in [6.07, 6.45) is 3.68. The van der Waals surface area contributed by atoms with Crippen molar-refractivity contribution in [3.8, 4) is 11.5 Å². The average Bonchev–Trinajstić information content (AvgIpc) is 3.08. The van der Waals surface area contributed by atoms with E-state index < -0.39 is 17.7 Å². The Balaban J connectivity index is 2.01. The highest BCUT2D eigenvalue weighted by atomic mass is 16.5. The summed E-state index contributed by atoms with van der Waals surface area (Å²) in [5.74, 6) is -0.00757. The summed E-state index contributed by atoms with van der Waals surface area (Å²) < 4.78 is 11.4. The van der Waals surface area contributed by atoms with Gasteiger partial charge in [0.1, 0.15) is 17.3 Å². The minimum absolute atomic E-state index is 0.0369. The second-order valence-electron chi connectivity index (χ2n) is 8.81. The maximum absolute atomic E-state index is 13.1. The van der Waals surface area contributed by atoms with Crippen molar-refractivity contribution in [3.05, 3.63) is 65.2 Å². The fraction of sp³-hybridized carbons (Fsp3) is 0.429. The zero-order chi connectivity index (χ0) is 24.7. The van der Waals surface area contributed by atoms with Gasteiger partial charge in [-0.3, -0.25) is 9.59 Å². The quantitative estimate of drug-likeness (QED) is 0.194. The van der Waals surface area contributed by atoms with Crippen molar-refractivity contribution in [2.45, 2.75) is 65.5 Å². The van der Waals surface area contributed by atoms with E-state index in [0.717, 1.165) is 31.2 Å². The number of Topliss-reactive ketones (excluding diaryl/α,β-unsaturated/α-hetero) is 1. The van der Waals surface area contributed by atoms with Crippen LogP contribution >= 0.6 is 0 Å². The van der Waals surface area contributed by atoms with Crippen molar-refractivity contribution in [1.82, 2.24) is 4.90 Å². The number of aliphatic hydroxyl groups is 1. The minimum atomic E-state index is -0.659. The Morgan fingerprint density at radius 3 is 2.18 bits per heavy atom. The fourth-order valence-electron chi connectivity index (χ4n) is 4.07. The van der Waals surface area contributed by atoms with E-state index in [1.54, 1.807) is 29.2 Å². The van der Waals surface area contributed by atoms with Crippen molar-refractivity contribution < 1.29 is 24.2 Å². The molecule has 1 fully saturated rings. The number of hydrogen-bond acceptors (Lipinski definition) is 5. The lowest BCUT2D eigenvalue weighted by atomic mass is 9.95. The summed E-state index contributed by atoms with van der Waals surface area (Å²) in [5, 5.41) is 11.2. The van der Waals surface area contributed by atoms with E-state index in [9.17, 15) is 14.7 Å². The van der Waals surface area contributed by atoms with Gasteiger partial charge in [0.2, 0.25) is 0 Å². The molecule has 0 aliphatic carbocycles. The molecule has 1 unspecified atom stereocenters. The number of ketones is 1. The standard InChI is InChI=1S/C28H35NO5/c1-5-7-8-17-29-25(20-9-15-23(16-10-20)34-19(3)4)24(27(31)28(29)32)26(30)21-11-13-22(14-12-21)33-18-6-2/h9-16,19,25,30H,5-8,17-18H2,1-4H3/b26-24-. The van der Waals surface area contributed by atoms with Crippen LogP contribution in [0.5, 0.6) is 11.5 Å². The highest BCUT2D eigenvalue weighted by Crippen LogP contribution is 2.40. The maximum atomic E-state index is 13.1. The number of rotatable bonds is 11. The van der Waals surface area contributed by atoms with Crippen molar-refractivity contribution >= 4 is 17.4 Å². The van der Waals surface area contributed by atoms with Crippen LogP contribution < -0.4 is 9.47 Å². The Hall–Kier alpha value is -3.28. The number of unbranched alkanes of at least 4 members (excludes halogenated alkanes) is 2. The molecule has 6 nitrogen and oxygen atoms in total. The van der Waals surface area contributed by atoms with Gasteiger partial charge in [-0.05, 0) is 68.7 Å². The zero-order valence-corrected chi connectivity index (χ0v) is 20.5. The molecule has 6 heteroatoms. The van der Waals surface area contributed by atoms with E-state index in [4.69, 9.17) is 9.47 Å². The Bertz CT molecular complexity index is 1010. The average molecular weight is 466 g/mol. The van der Waals surface area contributed by atoms with E-state index in [1.807, 2.05) is 45.0 Å². The van der Waals surface area contributed by atoms with Gasteiger partial charge in [-0.15, -0.1) is 0 Å². The van der Waals surface area contributed by atoms with E-state index in [1.165, 1.54) is 0 Å². The first-order chi connectivity index (χ1) is 16.4. The largest absolute Gasteiger partial charge is 0.507 e. The van der Waals surface area contributed by atoms with Crippen LogP contribution in [0.2, 0.25) is 0 Å². The van der Waals surface area contributed by atoms with Crippen LogP contribution in [0, 0.1) is 0 Å². The Kier molecular flexibility index (Phi) is 8.74. The second-order valence-corrected chi connectivity index (χ2v) is 8.81. The number of nitrogens with zero attached hydrogens (tertiary/aromatic N) is 1. The third kappa shape index (κ3) is 5.79. The van der Waals surface area contributed by atoms with Gasteiger partial charge in [0.15, 0.2) is 0 Å². The number of benzene rings is 2. The van der Waals surface area contributed by atoms with Crippen LogP contribution in [0.25, 0.3) is 5.76 Å². The first-order valence-electron chi connectivity index (χ1n) is 12.2. The van der Waals surface area contributed by atoms with E-state index >= 15 is 0 Å². The Labute approximate surface area is 202 Å². The number of aliphatic hydroxyl groups excluding tert-OH is 1. The van der Waals surface area contributed by atoms with Gasteiger partial charge < -0.3 is 19.5 Å². The summed E-state index contributed by atoms with van der Waals surface area (Å²) in [5.41, 5.74) is 1.35. The molecule has 0 spiro atoms. The molecule has 0 aromatic heterocycles. The smallest absolute Gasteiger partial charge is 0.295 e. The highest BCUT2D eigenvalue weighted by Gasteiger charge is 2.45. The summed E-state index contributed by atoms with van der Waals surface area (Å²) in [4.78, 5) is 27.7. The Morgan fingerprint density at radius 1 is 0.941 bits per heavy atom. The van der Waals surface area contributed by atoms with E-state index in [2.05, 4.69) is 6.92 Å². The fourth-order valence-corrected chi connectivity index (χ4v) is 4.07. The molecule has 0 radical (unpaired) electrons. The van der Waals surface area contributed by atoms with Crippen molar-refractivity contribution in [1.29, 1.82) is 0 Å². The SMILES string of the molecule is CCCCCN1C(=O)C(=O)/C(=C(\O)c2ccc(OCCC)cc2)C1c1ccc(OC(C)C)cc1. The molecule has 2 aromatic rings. The monoisotopic (exact) mass is 465 g/mol. The predicted molar refractivity (Wildman–Crippen MR) is 133 cm³/mol. The van der Waals surface area contributed by atoms with Crippen molar-refractivity contribution in [3.63, 3.8) is 0 Å².